The number of hydrogen-bond acceptors (Lipinski definition) is 6. The second-order valence-electron chi connectivity index (χ2n) is 4.13. The van der Waals surface area contributed by atoms with Crippen LogP contribution in [0.2, 0.25) is 10.0 Å². The van der Waals surface area contributed by atoms with Gasteiger partial charge in [0, 0.05) is 16.8 Å². The van der Waals surface area contributed by atoms with Gasteiger partial charge in [-0.25, -0.2) is 0 Å². The monoisotopic (exact) mass is 377 g/mol. The SMILES string of the molecule is CCCSc1nnc(NC(=O)COc2cc(Cl)ccc2Cl)s1. The summed E-state index contributed by atoms with van der Waals surface area (Å²) < 4.78 is 6.18. The maximum Gasteiger partial charge on any atom is 0.264 e. The third-order valence-corrected chi connectivity index (χ3v) is 5.06. The molecule has 5 nitrogen and oxygen atoms in total. The molecule has 0 bridgehead atoms. The van der Waals surface area contributed by atoms with E-state index in [4.69, 9.17) is 27.9 Å². The average Bonchev–Trinajstić information content (AvgIpc) is 2.93. The highest BCUT2D eigenvalue weighted by Gasteiger charge is 2.10. The van der Waals surface area contributed by atoms with Gasteiger partial charge in [0.2, 0.25) is 5.13 Å². The lowest BCUT2D eigenvalue weighted by Gasteiger charge is -2.07. The minimum atomic E-state index is -0.334. The molecule has 1 aromatic carbocycles. The number of benzene rings is 1. The summed E-state index contributed by atoms with van der Waals surface area (Å²) in [5, 5.41) is 11.9. The van der Waals surface area contributed by atoms with Crippen LogP contribution in [-0.2, 0) is 4.79 Å². The molecule has 2 rings (SSSR count). The summed E-state index contributed by atoms with van der Waals surface area (Å²) in [5.74, 6) is 0.999. The largest absolute Gasteiger partial charge is 0.482 e. The maximum atomic E-state index is 11.8. The Kier molecular flexibility index (Phi) is 6.75. The van der Waals surface area contributed by atoms with Crippen molar-refractivity contribution in [2.75, 3.05) is 17.7 Å². The molecule has 22 heavy (non-hydrogen) atoms. The molecule has 0 radical (unpaired) electrons. The number of hydrogen-bond donors (Lipinski definition) is 1. The van der Waals surface area contributed by atoms with Crippen molar-refractivity contribution in [3.63, 3.8) is 0 Å². The van der Waals surface area contributed by atoms with E-state index in [0.717, 1.165) is 16.5 Å². The molecule has 1 N–H and O–H groups in total. The van der Waals surface area contributed by atoms with Gasteiger partial charge in [0.1, 0.15) is 5.75 Å². The van der Waals surface area contributed by atoms with Crippen LogP contribution in [0.25, 0.3) is 0 Å². The standard InChI is InChI=1S/C13H13Cl2N3O2S2/c1-2-5-21-13-18-17-12(22-13)16-11(19)7-20-10-6-8(14)3-4-9(10)15/h3-4,6H,2,5,7H2,1H3,(H,16,17,19). The first-order chi connectivity index (χ1) is 10.6. The average molecular weight is 378 g/mol. The number of anilines is 1. The van der Waals surface area contributed by atoms with E-state index in [1.807, 2.05) is 0 Å². The normalized spacial score (nSPS) is 10.5. The summed E-state index contributed by atoms with van der Waals surface area (Å²) in [6, 6.07) is 4.81. The molecule has 0 aliphatic carbocycles. The van der Waals surface area contributed by atoms with Crippen LogP contribution in [0.15, 0.2) is 22.5 Å². The number of carbonyl (C=O) groups is 1. The Morgan fingerprint density at radius 2 is 2.23 bits per heavy atom. The third-order valence-electron chi connectivity index (χ3n) is 2.33. The quantitative estimate of drug-likeness (QED) is 0.573. The van der Waals surface area contributed by atoms with E-state index >= 15 is 0 Å². The molecule has 0 atom stereocenters. The Morgan fingerprint density at radius 3 is 3.00 bits per heavy atom. The first-order valence-corrected chi connectivity index (χ1v) is 8.98. The van der Waals surface area contributed by atoms with Crippen molar-refractivity contribution in [2.45, 2.75) is 17.7 Å². The van der Waals surface area contributed by atoms with Crippen LogP contribution in [0.5, 0.6) is 5.75 Å². The number of halogens is 2. The third kappa shape index (κ3) is 5.31. The number of rotatable bonds is 7. The highest BCUT2D eigenvalue weighted by molar-refractivity contribution is 8.01. The zero-order chi connectivity index (χ0) is 15.9. The molecule has 118 valence electrons. The van der Waals surface area contributed by atoms with Crippen molar-refractivity contribution in [1.29, 1.82) is 0 Å². The second kappa shape index (κ2) is 8.57. The van der Waals surface area contributed by atoms with Gasteiger partial charge in [-0.15, -0.1) is 10.2 Å². The fraction of sp³-hybridized carbons (Fsp3) is 0.308. The number of carbonyl (C=O) groups excluding carboxylic acids is 1. The summed E-state index contributed by atoms with van der Waals surface area (Å²) in [6.45, 7) is 1.91. The van der Waals surface area contributed by atoms with Crippen LogP contribution in [0, 0.1) is 0 Å². The molecule has 1 aromatic heterocycles. The predicted octanol–water partition coefficient (Wildman–Crippen LogP) is 4.36. The van der Waals surface area contributed by atoms with Crippen molar-refractivity contribution in [3.05, 3.63) is 28.2 Å². The van der Waals surface area contributed by atoms with Crippen LogP contribution in [0.1, 0.15) is 13.3 Å². The Hall–Kier alpha value is -1.02. The molecule has 0 saturated heterocycles. The van der Waals surface area contributed by atoms with Gasteiger partial charge in [0.25, 0.3) is 5.91 Å². The molecule has 0 fully saturated rings. The summed E-state index contributed by atoms with van der Waals surface area (Å²) in [6.07, 6.45) is 1.06. The zero-order valence-electron chi connectivity index (χ0n) is 11.6. The van der Waals surface area contributed by atoms with Gasteiger partial charge >= 0.3 is 0 Å². The Morgan fingerprint density at radius 1 is 1.41 bits per heavy atom. The van der Waals surface area contributed by atoms with Gasteiger partial charge in [-0.3, -0.25) is 10.1 Å². The van der Waals surface area contributed by atoms with Crippen molar-refractivity contribution < 1.29 is 9.53 Å². The fourth-order valence-electron chi connectivity index (χ4n) is 1.39. The van der Waals surface area contributed by atoms with E-state index in [2.05, 4.69) is 22.4 Å². The van der Waals surface area contributed by atoms with E-state index in [-0.39, 0.29) is 12.5 Å². The van der Waals surface area contributed by atoms with E-state index in [1.165, 1.54) is 11.3 Å². The van der Waals surface area contributed by atoms with Gasteiger partial charge in [-0.05, 0) is 18.6 Å². The summed E-state index contributed by atoms with van der Waals surface area (Å²) in [5.41, 5.74) is 0. The summed E-state index contributed by atoms with van der Waals surface area (Å²) in [7, 11) is 0. The highest BCUT2D eigenvalue weighted by Crippen LogP contribution is 2.28. The van der Waals surface area contributed by atoms with Crippen LogP contribution < -0.4 is 10.1 Å². The lowest BCUT2D eigenvalue weighted by atomic mass is 10.3. The number of ether oxygens (including phenoxy) is 1. The minimum Gasteiger partial charge on any atom is -0.482 e. The molecule has 0 spiro atoms. The first-order valence-electron chi connectivity index (χ1n) is 6.42. The van der Waals surface area contributed by atoms with Gasteiger partial charge in [0.15, 0.2) is 10.9 Å². The van der Waals surface area contributed by atoms with E-state index in [9.17, 15) is 4.79 Å². The first kappa shape index (κ1) is 17.3. The number of nitrogens with one attached hydrogen (secondary N) is 1. The fourth-order valence-corrected chi connectivity index (χ4v) is 3.42. The van der Waals surface area contributed by atoms with E-state index in [1.54, 1.807) is 30.0 Å². The molecule has 0 unspecified atom stereocenters. The molecular formula is C13H13Cl2N3O2S2. The Labute approximate surface area is 146 Å². The summed E-state index contributed by atoms with van der Waals surface area (Å²) in [4.78, 5) is 11.8. The van der Waals surface area contributed by atoms with Crippen LogP contribution >= 0.6 is 46.3 Å². The minimum absolute atomic E-state index is 0.183. The number of nitrogens with zero attached hydrogens (tertiary/aromatic N) is 2. The smallest absolute Gasteiger partial charge is 0.264 e. The molecule has 0 aliphatic heterocycles. The Balaban J connectivity index is 1.85. The molecule has 0 saturated carbocycles. The van der Waals surface area contributed by atoms with Gasteiger partial charge in [-0.1, -0.05) is 53.2 Å². The predicted molar refractivity (Wildman–Crippen MR) is 91.5 cm³/mol. The molecule has 9 heteroatoms. The molecule has 1 heterocycles. The van der Waals surface area contributed by atoms with Crippen LogP contribution in [0.4, 0.5) is 5.13 Å². The van der Waals surface area contributed by atoms with Crippen LogP contribution in [0.3, 0.4) is 0 Å². The van der Waals surface area contributed by atoms with Crippen molar-refractivity contribution in [3.8, 4) is 5.75 Å². The van der Waals surface area contributed by atoms with E-state index in [0.29, 0.717) is 20.9 Å². The topological polar surface area (TPSA) is 64.1 Å². The zero-order valence-corrected chi connectivity index (χ0v) is 14.8. The van der Waals surface area contributed by atoms with Gasteiger partial charge in [0.05, 0.1) is 5.02 Å². The molecule has 1 amide bonds. The molecule has 2 aromatic rings. The highest BCUT2D eigenvalue weighted by atomic mass is 35.5. The lowest BCUT2D eigenvalue weighted by molar-refractivity contribution is -0.118. The molecule has 0 aliphatic rings. The number of thioether (sulfide) groups is 1. The number of amides is 1. The van der Waals surface area contributed by atoms with Crippen molar-refractivity contribution >= 4 is 57.3 Å². The maximum absolute atomic E-state index is 11.8. The van der Waals surface area contributed by atoms with Crippen LogP contribution in [-0.4, -0.2) is 28.5 Å². The summed E-state index contributed by atoms with van der Waals surface area (Å²) >= 11 is 14.7. The van der Waals surface area contributed by atoms with E-state index < -0.39 is 0 Å². The van der Waals surface area contributed by atoms with Gasteiger partial charge in [-0.2, -0.15) is 0 Å². The van der Waals surface area contributed by atoms with Gasteiger partial charge < -0.3 is 4.74 Å². The Bertz CT molecular complexity index is 652. The van der Waals surface area contributed by atoms with Crippen molar-refractivity contribution in [2.24, 2.45) is 0 Å². The van der Waals surface area contributed by atoms with Crippen molar-refractivity contribution in [1.82, 2.24) is 10.2 Å². The lowest BCUT2D eigenvalue weighted by Crippen LogP contribution is -2.20. The second-order valence-corrected chi connectivity index (χ2v) is 7.30. The molecular weight excluding hydrogens is 365 g/mol. The number of aromatic nitrogens is 2.